The van der Waals surface area contributed by atoms with Gasteiger partial charge in [0.1, 0.15) is 5.75 Å². The van der Waals surface area contributed by atoms with E-state index < -0.39 is 6.09 Å². The number of carbonyl (C=O) groups is 2. The Hall–Kier alpha value is -2.04. The number of rotatable bonds is 3. The lowest BCUT2D eigenvalue weighted by atomic mass is 9.96. The molecule has 2 N–H and O–H groups in total. The number of hydrogen-bond acceptors (Lipinski definition) is 3. The van der Waals surface area contributed by atoms with Crippen LogP contribution in [0.15, 0.2) is 24.3 Å². The van der Waals surface area contributed by atoms with Gasteiger partial charge >= 0.3 is 6.09 Å². The van der Waals surface area contributed by atoms with Crippen LogP contribution >= 0.6 is 0 Å². The molecule has 0 atom stereocenters. The molecule has 0 heterocycles. The van der Waals surface area contributed by atoms with Gasteiger partial charge < -0.3 is 15.4 Å². The van der Waals surface area contributed by atoms with E-state index in [1.165, 1.54) is 13.3 Å². The summed E-state index contributed by atoms with van der Waals surface area (Å²) in [6.07, 6.45) is 5.15. The third-order valence-electron chi connectivity index (χ3n) is 3.29. The lowest BCUT2D eigenvalue weighted by Gasteiger charge is -2.22. The van der Waals surface area contributed by atoms with Gasteiger partial charge in [-0.3, -0.25) is 4.79 Å². The third kappa shape index (κ3) is 4.57. The van der Waals surface area contributed by atoms with E-state index in [1.807, 2.05) is 0 Å². The molecule has 5 nitrogen and oxygen atoms in total. The highest BCUT2D eigenvalue weighted by atomic mass is 16.6. The van der Waals surface area contributed by atoms with Gasteiger partial charge in [0.2, 0.25) is 5.91 Å². The zero-order chi connectivity index (χ0) is 14.4. The minimum absolute atomic E-state index is 0.159. The Morgan fingerprint density at radius 2 is 1.95 bits per heavy atom. The fourth-order valence-corrected chi connectivity index (χ4v) is 2.39. The van der Waals surface area contributed by atoms with Crippen molar-refractivity contribution in [2.75, 3.05) is 5.32 Å². The number of carbonyl (C=O) groups excluding carboxylic acids is 2. The van der Waals surface area contributed by atoms with E-state index >= 15 is 0 Å². The Balaban J connectivity index is 1.88. The fraction of sp³-hybridized carbons (Fsp3) is 0.467. The number of amides is 2. The highest BCUT2D eigenvalue weighted by Gasteiger charge is 2.16. The molecule has 0 unspecified atom stereocenters. The molecule has 1 fully saturated rings. The highest BCUT2D eigenvalue weighted by molar-refractivity contribution is 5.88. The maximum Gasteiger partial charge on any atom is 0.412 e. The first-order chi connectivity index (χ1) is 9.63. The van der Waals surface area contributed by atoms with Crippen molar-refractivity contribution in [2.24, 2.45) is 0 Å². The summed E-state index contributed by atoms with van der Waals surface area (Å²) in [6, 6.07) is 7.00. The molecule has 20 heavy (non-hydrogen) atoms. The van der Waals surface area contributed by atoms with Gasteiger partial charge in [-0.15, -0.1) is 0 Å². The van der Waals surface area contributed by atoms with E-state index in [9.17, 15) is 9.59 Å². The molecule has 0 spiro atoms. The Bertz CT molecular complexity index is 482. The first kappa shape index (κ1) is 14.4. The lowest BCUT2D eigenvalue weighted by Crippen LogP contribution is -2.38. The molecule has 1 aromatic rings. The average molecular weight is 276 g/mol. The van der Waals surface area contributed by atoms with Gasteiger partial charge in [0.25, 0.3) is 0 Å². The highest BCUT2D eigenvalue weighted by Crippen LogP contribution is 2.19. The van der Waals surface area contributed by atoms with Crippen LogP contribution in [0.5, 0.6) is 5.75 Å². The van der Waals surface area contributed by atoms with Crippen molar-refractivity contribution in [3.05, 3.63) is 24.3 Å². The summed E-state index contributed by atoms with van der Waals surface area (Å²) in [4.78, 5) is 22.8. The first-order valence-electron chi connectivity index (χ1n) is 6.99. The Morgan fingerprint density at radius 3 is 2.65 bits per heavy atom. The maximum atomic E-state index is 11.8. The second kappa shape index (κ2) is 6.93. The molecular weight excluding hydrogens is 256 g/mol. The molecule has 1 aliphatic carbocycles. The average Bonchev–Trinajstić information content (AvgIpc) is 2.39. The number of hydrogen-bond donors (Lipinski definition) is 2. The van der Waals surface area contributed by atoms with E-state index in [0.29, 0.717) is 11.4 Å². The largest absolute Gasteiger partial charge is 0.412 e. The summed E-state index contributed by atoms with van der Waals surface area (Å²) in [5.74, 6) is 0.262. The van der Waals surface area contributed by atoms with Crippen molar-refractivity contribution >= 4 is 17.7 Å². The van der Waals surface area contributed by atoms with E-state index in [1.54, 1.807) is 24.3 Å². The van der Waals surface area contributed by atoms with Crippen LogP contribution in [-0.2, 0) is 4.79 Å². The second-order valence-corrected chi connectivity index (χ2v) is 5.08. The number of anilines is 1. The molecule has 5 heteroatoms. The standard InChI is InChI=1S/C15H20N2O3/c1-11(18)16-13-8-5-9-14(10-13)20-15(19)17-12-6-3-2-4-7-12/h5,8-10,12H,2-4,6-7H2,1H3,(H,16,18)(H,17,19). The van der Waals surface area contributed by atoms with Crippen molar-refractivity contribution in [1.82, 2.24) is 5.32 Å². The molecule has 108 valence electrons. The lowest BCUT2D eigenvalue weighted by molar-refractivity contribution is -0.114. The van der Waals surface area contributed by atoms with Gasteiger partial charge in [-0.1, -0.05) is 25.3 Å². The monoisotopic (exact) mass is 276 g/mol. The van der Waals surface area contributed by atoms with Crippen molar-refractivity contribution in [3.63, 3.8) is 0 Å². The van der Waals surface area contributed by atoms with Gasteiger partial charge in [-0.25, -0.2) is 4.79 Å². The normalized spacial score (nSPS) is 15.4. The zero-order valence-electron chi connectivity index (χ0n) is 11.6. The quantitative estimate of drug-likeness (QED) is 0.891. The van der Waals surface area contributed by atoms with Crippen molar-refractivity contribution in [1.29, 1.82) is 0 Å². The van der Waals surface area contributed by atoms with Crippen LogP contribution < -0.4 is 15.4 Å². The minimum atomic E-state index is -0.433. The van der Waals surface area contributed by atoms with E-state index in [0.717, 1.165) is 25.7 Å². The summed E-state index contributed by atoms with van der Waals surface area (Å²) in [7, 11) is 0. The number of ether oxygens (including phenoxy) is 1. The van der Waals surface area contributed by atoms with Crippen LogP contribution in [0, 0.1) is 0 Å². The van der Waals surface area contributed by atoms with Crippen molar-refractivity contribution in [2.45, 2.75) is 45.1 Å². The number of benzene rings is 1. The molecule has 0 aromatic heterocycles. The van der Waals surface area contributed by atoms with Crippen molar-refractivity contribution in [3.8, 4) is 5.75 Å². The van der Waals surface area contributed by atoms with Gasteiger partial charge in [0, 0.05) is 24.7 Å². The van der Waals surface area contributed by atoms with Crippen LogP contribution in [0.2, 0.25) is 0 Å². The molecule has 2 amide bonds. The second-order valence-electron chi connectivity index (χ2n) is 5.08. The van der Waals surface area contributed by atoms with Crippen LogP contribution in [0.4, 0.5) is 10.5 Å². The molecule has 0 bridgehead atoms. The predicted octanol–water partition coefficient (Wildman–Crippen LogP) is 3.07. The summed E-state index contributed by atoms with van der Waals surface area (Å²) < 4.78 is 5.24. The summed E-state index contributed by atoms with van der Waals surface area (Å²) in [6.45, 7) is 1.43. The van der Waals surface area contributed by atoms with Crippen molar-refractivity contribution < 1.29 is 14.3 Å². The van der Waals surface area contributed by atoms with Crippen LogP contribution in [0.25, 0.3) is 0 Å². The summed E-state index contributed by atoms with van der Waals surface area (Å²) in [5.41, 5.74) is 0.612. The van der Waals surface area contributed by atoms with Gasteiger partial charge in [0.05, 0.1) is 0 Å². The van der Waals surface area contributed by atoms with E-state index in [4.69, 9.17) is 4.74 Å². The summed E-state index contributed by atoms with van der Waals surface area (Å²) >= 11 is 0. The molecule has 1 aliphatic rings. The molecular formula is C15H20N2O3. The van der Waals surface area contributed by atoms with Crippen LogP contribution in [-0.4, -0.2) is 18.0 Å². The SMILES string of the molecule is CC(=O)Nc1cccc(OC(=O)NC2CCCCC2)c1. The molecule has 0 radical (unpaired) electrons. The Labute approximate surface area is 118 Å². The van der Waals surface area contributed by atoms with Crippen LogP contribution in [0.3, 0.4) is 0 Å². The minimum Gasteiger partial charge on any atom is -0.410 e. The Morgan fingerprint density at radius 1 is 1.20 bits per heavy atom. The van der Waals surface area contributed by atoms with Gasteiger partial charge in [0.15, 0.2) is 0 Å². The molecule has 0 saturated heterocycles. The number of nitrogens with one attached hydrogen (secondary N) is 2. The smallest absolute Gasteiger partial charge is 0.410 e. The Kier molecular flexibility index (Phi) is 4.98. The molecule has 1 aromatic carbocycles. The molecule has 0 aliphatic heterocycles. The third-order valence-corrected chi connectivity index (χ3v) is 3.29. The molecule has 1 saturated carbocycles. The summed E-state index contributed by atoms with van der Waals surface area (Å²) in [5, 5.41) is 5.53. The van der Waals surface area contributed by atoms with Gasteiger partial charge in [-0.2, -0.15) is 0 Å². The fourth-order valence-electron chi connectivity index (χ4n) is 2.39. The van der Waals surface area contributed by atoms with E-state index in [-0.39, 0.29) is 11.9 Å². The van der Waals surface area contributed by atoms with E-state index in [2.05, 4.69) is 10.6 Å². The first-order valence-corrected chi connectivity index (χ1v) is 6.99. The van der Waals surface area contributed by atoms with Gasteiger partial charge in [-0.05, 0) is 25.0 Å². The zero-order valence-corrected chi connectivity index (χ0v) is 11.6. The molecule has 2 rings (SSSR count). The topological polar surface area (TPSA) is 67.4 Å². The maximum absolute atomic E-state index is 11.8. The predicted molar refractivity (Wildman–Crippen MR) is 76.8 cm³/mol. The van der Waals surface area contributed by atoms with Crippen LogP contribution in [0.1, 0.15) is 39.0 Å².